The molecule has 0 spiro atoms. The molecule has 0 saturated heterocycles. The Morgan fingerprint density at radius 1 is 1.50 bits per heavy atom. The Bertz CT molecular complexity index is 384. The number of carbonyl (C=O) groups is 1. The first-order valence-electron chi connectivity index (χ1n) is 4.00. The SMILES string of the molecule is O=C(NOCC(F)(F)F)c1cccc(Cl)n1. The zero-order valence-electron chi connectivity index (χ0n) is 7.71. The van der Waals surface area contributed by atoms with E-state index >= 15 is 0 Å². The first kappa shape index (κ1) is 12.7. The van der Waals surface area contributed by atoms with E-state index in [1.54, 1.807) is 5.48 Å². The molecule has 1 rings (SSSR count). The second kappa shape index (κ2) is 5.13. The van der Waals surface area contributed by atoms with E-state index in [1.165, 1.54) is 18.2 Å². The van der Waals surface area contributed by atoms with Gasteiger partial charge in [-0.25, -0.2) is 10.5 Å². The average molecular weight is 255 g/mol. The fraction of sp³-hybridized carbons (Fsp3) is 0.250. The largest absolute Gasteiger partial charge is 0.414 e. The lowest BCUT2D eigenvalue weighted by Gasteiger charge is -2.07. The van der Waals surface area contributed by atoms with Gasteiger partial charge in [-0.2, -0.15) is 13.2 Å². The Kier molecular flexibility index (Phi) is 4.08. The summed E-state index contributed by atoms with van der Waals surface area (Å²) in [5, 5.41) is 0.0588. The van der Waals surface area contributed by atoms with Gasteiger partial charge in [-0.15, -0.1) is 0 Å². The van der Waals surface area contributed by atoms with Crippen LogP contribution in [0.3, 0.4) is 0 Å². The lowest BCUT2D eigenvalue weighted by molar-refractivity contribution is -0.184. The lowest BCUT2D eigenvalue weighted by Crippen LogP contribution is -2.30. The third-order valence-electron chi connectivity index (χ3n) is 1.35. The number of alkyl halides is 3. The summed E-state index contributed by atoms with van der Waals surface area (Å²) >= 11 is 5.48. The van der Waals surface area contributed by atoms with Crippen LogP contribution in [-0.4, -0.2) is 23.7 Å². The van der Waals surface area contributed by atoms with Gasteiger partial charge in [-0.1, -0.05) is 17.7 Å². The van der Waals surface area contributed by atoms with E-state index in [0.717, 1.165) is 0 Å². The quantitative estimate of drug-likeness (QED) is 0.663. The average Bonchev–Trinajstić information content (AvgIpc) is 2.15. The van der Waals surface area contributed by atoms with Crippen LogP contribution < -0.4 is 5.48 Å². The molecule has 0 atom stereocenters. The van der Waals surface area contributed by atoms with E-state index in [0.29, 0.717) is 0 Å². The van der Waals surface area contributed by atoms with Crippen LogP contribution >= 0.6 is 11.6 Å². The highest BCUT2D eigenvalue weighted by molar-refractivity contribution is 6.29. The fourth-order valence-corrected chi connectivity index (χ4v) is 0.934. The minimum Gasteiger partial charge on any atom is -0.265 e. The summed E-state index contributed by atoms with van der Waals surface area (Å²) in [6.45, 7) is -1.57. The Morgan fingerprint density at radius 2 is 2.19 bits per heavy atom. The van der Waals surface area contributed by atoms with Crippen molar-refractivity contribution in [3.8, 4) is 0 Å². The minimum absolute atomic E-state index is 0.0588. The molecular formula is C8H6ClF3N2O2. The molecule has 0 fully saturated rings. The van der Waals surface area contributed by atoms with Crippen molar-refractivity contribution in [3.05, 3.63) is 29.0 Å². The molecule has 16 heavy (non-hydrogen) atoms. The number of nitrogens with zero attached hydrogens (tertiary/aromatic N) is 1. The number of nitrogens with one attached hydrogen (secondary N) is 1. The van der Waals surface area contributed by atoms with Crippen LogP contribution in [-0.2, 0) is 4.84 Å². The van der Waals surface area contributed by atoms with Gasteiger partial charge in [0.1, 0.15) is 10.8 Å². The summed E-state index contributed by atoms with van der Waals surface area (Å²) in [4.78, 5) is 18.7. The Morgan fingerprint density at radius 3 is 2.75 bits per heavy atom. The smallest absolute Gasteiger partial charge is 0.265 e. The van der Waals surface area contributed by atoms with E-state index in [-0.39, 0.29) is 10.8 Å². The summed E-state index contributed by atoms with van der Waals surface area (Å²) in [7, 11) is 0. The maximum absolute atomic E-state index is 11.7. The molecule has 4 nitrogen and oxygen atoms in total. The van der Waals surface area contributed by atoms with Gasteiger partial charge in [-0.3, -0.25) is 9.63 Å². The predicted molar refractivity (Wildman–Crippen MR) is 48.7 cm³/mol. The topological polar surface area (TPSA) is 51.2 Å². The highest BCUT2D eigenvalue weighted by Crippen LogP contribution is 2.13. The van der Waals surface area contributed by atoms with Gasteiger partial charge in [0.05, 0.1) is 0 Å². The van der Waals surface area contributed by atoms with E-state index in [2.05, 4.69) is 9.82 Å². The molecule has 0 radical (unpaired) electrons. The molecule has 0 aliphatic rings. The minimum atomic E-state index is -4.50. The zero-order valence-corrected chi connectivity index (χ0v) is 8.47. The van der Waals surface area contributed by atoms with Crippen molar-refractivity contribution in [1.82, 2.24) is 10.5 Å². The maximum Gasteiger partial charge on any atom is 0.414 e. The summed E-state index contributed by atoms with van der Waals surface area (Å²) in [5.41, 5.74) is 1.47. The van der Waals surface area contributed by atoms with Gasteiger partial charge >= 0.3 is 6.18 Å². The van der Waals surface area contributed by atoms with Crippen molar-refractivity contribution in [1.29, 1.82) is 0 Å². The number of rotatable bonds is 3. The highest BCUT2D eigenvalue weighted by Gasteiger charge is 2.28. The van der Waals surface area contributed by atoms with Crippen LogP contribution in [0, 0.1) is 0 Å². The summed E-state index contributed by atoms with van der Waals surface area (Å²) in [6.07, 6.45) is -4.50. The van der Waals surface area contributed by atoms with Crippen LogP contribution in [0.25, 0.3) is 0 Å². The Balaban J connectivity index is 2.47. The second-order valence-electron chi connectivity index (χ2n) is 2.68. The first-order valence-corrected chi connectivity index (χ1v) is 4.38. The van der Waals surface area contributed by atoms with E-state index < -0.39 is 18.7 Å². The molecule has 88 valence electrons. The molecule has 0 aliphatic heterocycles. The lowest BCUT2D eigenvalue weighted by atomic mass is 10.3. The number of hydroxylamine groups is 1. The third-order valence-corrected chi connectivity index (χ3v) is 1.56. The van der Waals surface area contributed by atoms with Gasteiger partial charge in [0.2, 0.25) is 0 Å². The number of halogens is 4. The predicted octanol–water partition coefficient (Wildman–Crippen LogP) is 1.96. The second-order valence-corrected chi connectivity index (χ2v) is 3.07. The van der Waals surface area contributed by atoms with Crippen molar-refractivity contribution < 1.29 is 22.8 Å². The molecule has 1 N–H and O–H groups in total. The monoisotopic (exact) mass is 254 g/mol. The summed E-state index contributed by atoms with van der Waals surface area (Å²) in [5.74, 6) is -0.897. The van der Waals surface area contributed by atoms with Crippen molar-refractivity contribution in [3.63, 3.8) is 0 Å². The fourth-order valence-electron chi connectivity index (χ4n) is 0.770. The Hall–Kier alpha value is -1.34. The number of aromatic nitrogens is 1. The van der Waals surface area contributed by atoms with Gasteiger partial charge in [0, 0.05) is 0 Å². The molecule has 0 saturated carbocycles. The third kappa shape index (κ3) is 4.45. The maximum atomic E-state index is 11.7. The molecule has 8 heteroatoms. The van der Waals surface area contributed by atoms with Gasteiger partial charge in [-0.05, 0) is 12.1 Å². The molecule has 0 bridgehead atoms. The highest BCUT2D eigenvalue weighted by atomic mass is 35.5. The zero-order chi connectivity index (χ0) is 12.2. The molecule has 1 aromatic rings. The molecule has 0 aromatic carbocycles. The number of carbonyl (C=O) groups excluding carboxylic acids is 1. The van der Waals surface area contributed by atoms with Crippen molar-refractivity contribution in [2.24, 2.45) is 0 Å². The van der Waals surface area contributed by atoms with Crippen molar-refractivity contribution >= 4 is 17.5 Å². The number of pyridine rings is 1. The first-order chi connectivity index (χ1) is 7.38. The van der Waals surface area contributed by atoms with Crippen LogP contribution in [0.4, 0.5) is 13.2 Å². The van der Waals surface area contributed by atoms with E-state index in [1.807, 2.05) is 0 Å². The van der Waals surface area contributed by atoms with Gasteiger partial charge in [0.15, 0.2) is 6.61 Å². The van der Waals surface area contributed by atoms with Crippen LogP contribution in [0.15, 0.2) is 18.2 Å². The molecule has 0 unspecified atom stereocenters. The van der Waals surface area contributed by atoms with Crippen molar-refractivity contribution in [2.45, 2.75) is 6.18 Å². The standard InChI is InChI=1S/C8H6ClF3N2O2/c9-6-3-1-2-5(13-6)7(15)14-16-4-8(10,11)12/h1-3H,4H2,(H,14,15). The summed E-state index contributed by atoms with van der Waals surface area (Å²) < 4.78 is 35.0. The molecule has 1 heterocycles. The Labute approximate surface area is 93.3 Å². The van der Waals surface area contributed by atoms with E-state index in [9.17, 15) is 18.0 Å². The number of hydrogen-bond acceptors (Lipinski definition) is 3. The van der Waals surface area contributed by atoms with Gasteiger partial charge < -0.3 is 0 Å². The van der Waals surface area contributed by atoms with E-state index in [4.69, 9.17) is 11.6 Å². The normalized spacial score (nSPS) is 11.2. The number of amides is 1. The molecular weight excluding hydrogens is 249 g/mol. The summed E-state index contributed by atoms with van der Waals surface area (Å²) in [6, 6.07) is 4.15. The molecule has 1 amide bonds. The van der Waals surface area contributed by atoms with Gasteiger partial charge in [0.25, 0.3) is 5.91 Å². The molecule has 1 aromatic heterocycles. The number of hydrogen-bond donors (Lipinski definition) is 1. The molecule has 0 aliphatic carbocycles. The van der Waals surface area contributed by atoms with Crippen LogP contribution in [0.2, 0.25) is 5.15 Å². The van der Waals surface area contributed by atoms with Crippen LogP contribution in [0.1, 0.15) is 10.5 Å². The van der Waals surface area contributed by atoms with Crippen molar-refractivity contribution in [2.75, 3.05) is 6.61 Å². The van der Waals surface area contributed by atoms with Crippen LogP contribution in [0.5, 0.6) is 0 Å².